The number of nitrogens with zero attached hydrogens (tertiary/aromatic N) is 3. The number of carbonyl (C=O) groups excluding carboxylic acids is 1. The maximum absolute atomic E-state index is 12.7. The van der Waals surface area contributed by atoms with E-state index in [2.05, 4.69) is 15.2 Å². The molecule has 7 nitrogen and oxygen atoms in total. The third-order valence-electron chi connectivity index (χ3n) is 3.98. The molecule has 2 atom stereocenters. The smallest absolute Gasteiger partial charge is 0.254 e. The number of amides is 1. The van der Waals surface area contributed by atoms with E-state index in [-0.39, 0.29) is 24.7 Å². The van der Waals surface area contributed by atoms with E-state index in [1.807, 2.05) is 12.1 Å². The van der Waals surface area contributed by atoms with Crippen molar-refractivity contribution >= 4 is 5.91 Å². The van der Waals surface area contributed by atoms with Crippen LogP contribution in [-0.4, -0.2) is 63.5 Å². The molecule has 22 heavy (non-hydrogen) atoms. The van der Waals surface area contributed by atoms with Crippen molar-refractivity contribution in [1.29, 1.82) is 0 Å². The summed E-state index contributed by atoms with van der Waals surface area (Å²) in [4.78, 5) is 18.5. The van der Waals surface area contributed by atoms with Crippen LogP contribution in [0.5, 0.6) is 0 Å². The summed E-state index contributed by atoms with van der Waals surface area (Å²) in [6, 6.07) is 7.01. The summed E-state index contributed by atoms with van der Waals surface area (Å²) in [5.41, 5.74) is 1.36. The van der Waals surface area contributed by atoms with Crippen molar-refractivity contribution in [3.05, 3.63) is 36.2 Å². The van der Waals surface area contributed by atoms with Gasteiger partial charge in [-0.15, -0.1) is 0 Å². The number of aromatic amines is 1. The van der Waals surface area contributed by atoms with E-state index in [1.165, 1.54) is 6.33 Å². The van der Waals surface area contributed by atoms with Crippen LogP contribution in [0.1, 0.15) is 16.8 Å². The van der Waals surface area contributed by atoms with Gasteiger partial charge in [-0.3, -0.25) is 9.89 Å². The standard InChI is InChI=1S/C15H18N4O3/c1-22-13-6-12(8-20)19(7-13)15(21)11-4-2-3-10(5-11)14-16-9-17-18-14/h2-5,9,12-13,20H,6-8H2,1H3,(H,16,17,18)/t12-,13+/m0/s1. The number of rotatable bonds is 4. The minimum absolute atomic E-state index is 0.0291. The van der Waals surface area contributed by atoms with E-state index in [4.69, 9.17) is 4.74 Å². The molecule has 0 unspecified atom stereocenters. The van der Waals surface area contributed by atoms with Crippen molar-refractivity contribution in [2.75, 3.05) is 20.3 Å². The van der Waals surface area contributed by atoms with Crippen LogP contribution in [0.2, 0.25) is 0 Å². The number of hydrogen-bond acceptors (Lipinski definition) is 5. The van der Waals surface area contributed by atoms with Crippen molar-refractivity contribution in [2.45, 2.75) is 18.6 Å². The average Bonchev–Trinajstić information content (AvgIpc) is 3.23. The molecule has 0 saturated carbocycles. The predicted molar refractivity (Wildman–Crippen MR) is 79.1 cm³/mol. The van der Waals surface area contributed by atoms with E-state index >= 15 is 0 Å². The second kappa shape index (κ2) is 6.25. The maximum Gasteiger partial charge on any atom is 0.254 e. The summed E-state index contributed by atoms with van der Waals surface area (Å²) < 4.78 is 5.31. The van der Waals surface area contributed by atoms with Crippen LogP contribution in [0, 0.1) is 0 Å². The first-order valence-corrected chi connectivity index (χ1v) is 7.13. The summed E-state index contributed by atoms with van der Waals surface area (Å²) >= 11 is 0. The quantitative estimate of drug-likeness (QED) is 0.867. The Morgan fingerprint density at radius 3 is 3.09 bits per heavy atom. The van der Waals surface area contributed by atoms with Gasteiger partial charge < -0.3 is 14.7 Å². The monoisotopic (exact) mass is 302 g/mol. The van der Waals surface area contributed by atoms with Crippen molar-refractivity contribution in [3.8, 4) is 11.4 Å². The van der Waals surface area contributed by atoms with E-state index in [0.717, 1.165) is 5.56 Å². The second-order valence-corrected chi connectivity index (χ2v) is 5.30. The van der Waals surface area contributed by atoms with Gasteiger partial charge in [0.1, 0.15) is 6.33 Å². The fourth-order valence-corrected chi connectivity index (χ4v) is 2.78. The largest absolute Gasteiger partial charge is 0.394 e. The summed E-state index contributed by atoms with van der Waals surface area (Å²) in [5, 5.41) is 16.1. The van der Waals surface area contributed by atoms with E-state index < -0.39 is 0 Å². The lowest BCUT2D eigenvalue weighted by atomic mass is 10.1. The first-order valence-electron chi connectivity index (χ1n) is 7.13. The van der Waals surface area contributed by atoms with Gasteiger partial charge >= 0.3 is 0 Å². The van der Waals surface area contributed by atoms with Crippen LogP contribution < -0.4 is 0 Å². The summed E-state index contributed by atoms with van der Waals surface area (Å²) in [5.74, 6) is 0.504. The van der Waals surface area contributed by atoms with Crippen molar-refractivity contribution in [1.82, 2.24) is 20.1 Å². The summed E-state index contributed by atoms with van der Waals surface area (Å²) in [6.07, 6.45) is 2.05. The van der Waals surface area contributed by atoms with Crippen molar-refractivity contribution in [3.63, 3.8) is 0 Å². The Hall–Kier alpha value is -2.25. The number of H-pyrrole nitrogens is 1. The molecular weight excluding hydrogens is 284 g/mol. The molecule has 0 aliphatic carbocycles. The van der Waals surface area contributed by atoms with Crippen molar-refractivity contribution < 1.29 is 14.6 Å². The molecule has 116 valence electrons. The van der Waals surface area contributed by atoms with Crippen LogP contribution in [0.4, 0.5) is 0 Å². The Balaban J connectivity index is 1.84. The third kappa shape index (κ3) is 2.72. The Bertz CT molecular complexity index is 644. The lowest BCUT2D eigenvalue weighted by Crippen LogP contribution is -2.38. The first kappa shape index (κ1) is 14.7. The first-order chi connectivity index (χ1) is 10.7. The van der Waals surface area contributed by atoms with Gasteiger partial charge in [0.25, 0.3) is 5.91 Å². The Labute approximate surface area is 127 Å². The second-order valence-electron chi connectivity index (χ2n) is 5.30. The van der Waals surface area contributed by atoms with Gasteiger partial charge in [-0.05, 0) is 18.6 Å². The molecule has 7 heteroatoms. The van der Waals surface area contributed by atoms with Crippen LogP contribution >= 0.6 is 0 Å². The summed E-state index contributed by atoms with van der Waals surface area (Å²) in [7, 11) is 1.62. The molecule has 0 radical (unpaired) electrons. The van der Waals surface area contributed by atoms with Crippen LogP contribution in [0.25, 0.3) is 11.4 Å². The highest BCUT2D eigenvalue weighted by molar-refractivity contribution is 5.95. The molecule has 1 aliphatic heterocycles. The number of aliphatic hydroxyl groups excluding tert-OH is 1. The number of nitrogens with one attached hydrogen (secondary N) is 1. The number of hydrogen-bond donors (Lipinski definition) is 2. The highest BCUT2D eigenvalue weighted by Gasteiger charge is 2.35. The zero-order valence-electron chi connectivity index (χ0n) is 12.3. The van der Waals surface area contributed by atoms with Crippen LogP contribution in [0.15, 0.2) is 30.6 Å². The lowest BCUT2D eigenvalue weighted by molar-refractivity contribution is 0.0648. The zero-order chi connectivity index (χ0) is 15.5. The molecule has 2 N–H and O–H groups in total. The van der Waals surface area contributed by atoms with Gasteiger partial charge in [-0.1, -0.05) is 12.1 Å². The molecule has 0 spiro atoms. The Kier molecular flexibility index (Phi) is 4.17. The minimum atomic E-state index is -0.202. The maximum atomic E-state index is 12.7. The molecule has 1 saturated heterocycles. The average molecular weight is 302 g/mol. The zero-order valence-corrected chi connectivity index (χ0v) is 12.3. The highest BCUT2D eigenvalue weighted by atomic mass is 16.5. The highest BCUT2D eigenvalue weighted by Crippen LogP contribution is 2.23. The van der Waals surface area contributed by atoms with E-state index in [1.54, 1.807) is 24.1 Å². The van der Waals surface area contributed by atoms with Gasteiger partial charge in [0.05, 0.1) is 18.8 Å². The topological polar surface area (TPSA) is 91.3 Å². The number of aromatic nitrogens is 3. The molecule has 1 amide bonds. The molecule has 2 heterocycles. The van der Waals surface area contributed by atoms with Crippen LogP contribution in [-0.2, 0) is 4.74 Å². The SMILES string of the molecule is CO[C@@H]1C[C@@H](CO)N(C(=O)c2cccc(-c3ncn[nH]3)c2)C1. The molecule has 1 aromatic carbocycles. The van der Waals surface area contributed by atoms with E-state index in [9.17, 15) is 9.90 Å². The number of aliphatic hydroxyl groups is 1. The minimum Gasteiger partial charge on any atom is -0.394 e. The van der Waals surface area contributed by atoms with Gasteiger partial charge in [-0.2, -0.15) is 5.10 Å². The van der Waals surface area contributed by atoms with Crippen molar-refractivity contribution in [2.24, 2.45) is 0 Å². The van der Waals surface area contributed by atoms with Gasteiger partial charge in [-0.25, -0.2) is 4.98 Å². The normalized spacial score (nSPS) is 21.3. The van der Waals surface area contributed by atoms with Gasteiger partial charge in [0, 0.05) is 24.8 Å². The Morgan fingerprint density at radius 2 is 2.41 bits per heavy atom. The molecule has 2 aromatic rings. The molecular formula is C15H18N4O3. The fraction of sp³-hybridized carbons (Fsp3) is 0.400. The number of likely N-dealkylation sites (tertiary alicyclic amines) is 1. The molecule has 0 bridgehead atoms. The number of methoxy groups -OCH3 is 1. The predicted octanol–water partition coefficient (Wildman–Crippen LogP) is 0.693. The number of ether oxygens (including phenoxy) is 1. The number of benzene rings is 1. The Morgan fingerprint density at radius 1 is 1.55 bits per heavy atom. The van der Waals surface area contributed by atoms with Gasteiger partial charge in [0.15, 0.2) is 5.82 Å². The molecule has 1 aliphatic rings. The van der Waals surface area contributed by atoms with Gasteiger partial charge in [0.2, 0.25) is 0 Å². The molecule has 1 fully saturated rings. The fourth-order valence-electron chi connectivity index (χ4n) is 2.78. The number of carbonyl (C=O) groups is 1. The van der Waals surface area contributed by atoms with E-state index in [0.29, 0.717) is 24.4 Å². The third-order valence-corrected chi connectivity index (χ3v) is 3.98. The molecule has 1 aromatic heterocycles. The lowest BCUT2D eigenvalue weighted by Gasteiger charge is -2.23. The van der Waals surface area contributed by atoms with Crippen LogP contribution in [0.3, 0.4) is 0 Å². The summed E-state index contributed by atoms with van der Waals surface area (Å²) in [6.45, 7) is 0.431. The molecule has 3 rings (SSSR count).